The largest absolute Gasteiger partial charge is 0.383 e. The molecular formula is C14H22O4. The summed E-state index contributed by atoms with van der Waals surface area (Å²) in [7, 11) is 0. The van der Waals surface area contributed by atoms with E-state index in [0.717, 1.165) is 6.42 Å². The molecule has 2 aliphatic heterocycles. The summed E-state index contributed by atoms with van der Waals surface area (Å²) < 4.78 is 16.4. The molecule has 0 radical (unpaired) electrons. The van der Waals surface area contributed by atoms with Gasteiger partial charge in [-0.25, -0.2) is 0 Å². The fourth-order valence-electron chi connectivity index (χ4n) is 1.86. The average molecular weight is 254 g/mol. The molecule has 0 spiro atoms. The van der Waals surface area contributed by atoms with E-state index in [-0.39, 0.29) is 24.6 Å². The molecule has 0 aromatic carbocycles. The third-order valence-corrected chi connectivity index (χ3v) is 3.01. The maximum absolute atomic E-state index is 10.1. The minimum Gasteiger partial charge on any atom is -0.383 e. The number of epoxide rings is 1. The summed E-state index contributed by atoms with van der Waals surface area (Å²) in [6.07, 6.45) is 8.14. The molecule has 4 nitrogen and oxygen atoms in total. The first-order valence-electron chi connectivity index (χ1n) is 6.48. The summed E-state index contributed by atoms with van der Waals surface area (Å²) in [5.74, 6) is 0. The Labute approximate surface area is 108 Å². The van der Waals surface area contributed by atoms with Gasteiger partial charge in [-0.05, 0) is 33.3 Å². The standard InChI is InChI=1S/C14H22O4/c1-10(2)17-13-6-4-5-11(18-13)7-8-14(3,15)12-9-16-12/h4,6-8,10-13,15H,5,9H2,1-3H3/t11-,12?,13-,14-/m1/s1. The van der Waals surface area contributed by atoms with Crippen LogP contribution in [-0.2, 0) is 14.2 Å². The SMILES string of the molecule is CC(C)O[C@H]1C=CC[C@H](C=C[C@@](C)(O)C2CO2)O1. The average Bonchev–Trinajstić information content (AvgIpc) is 3.10. The molecule has 1 unspecified atom stereocenters. The number of hydrogen-bond donors (Lipinski definition) is 1. The zero-order chi connectivity index (χ0) is 13.2. The quantitative estimate of drug-likeness (QED) is 0.600. The van der Waals surface area contributed by atoms with Crippen molar-refractivity contribution in [3.63, 3.8) is 0 Å². The van der Waals surface area contributed by atoms with Gasteiger partial charge in [0, 0.05) is 0 Å². The van der Waals surface area contributed by atoms with Crippen LogP contribution in [0, 0.1) is 0 Å². The molecule has 1 N–H and O–H groups in total. The number of aliphatic hydroxyl groups is 1. The van der Waals surface area contributed by atoms with Crippen LogP contribution in [-0.4, -0.2) is 41.9 Å². The molecule has 2 rings (SSSR count). The molecule has 1 saturated heterocycles. The molecule has 102 valence electrons. The summed E-state index contributed by atoms with van der Waals surface area (Å²) in [5.41, 5.74) is -0.904. The third-order valence-electron chi connectivity index (χ3n) is 3.01. The first-order valence-corrected chi connectivity index (χ1v) is 6.48. The van der Waals surface area contributed by atoms with E-state index in [0.29, 0.717) is 6.61 Å². The van der Waals surface area contributed by atoms with Gasteiger partial charge >= 0.3 is 0 Å². The second-order valence-electron chi connectivity index (χ2n) is 5.30. The van der Waals surface area contributed by atoms with Crippen LogP contribution >= 0.6 is 0 Å². The van der Waals surface area contributed by atoms with E-state index >= 15 is 0 Å². The van der Waals surface area contributed by atoms with E-state index < -0.39 is 5.60 Å². The second-order valence-corrected chi connectivity index (χ2v) is 5.30. The van der Waals surface area contributed by atoms with Crippen LogP contribution in [0.3, 0.4) is 0 Å². The topological polar surface area (TPSA) is 51.2 Å². The lowest BCUT2D eigenvalue weighted by atomic mass is 10.0. The van der Waals surface area contributed by atoms with Crippen molar-refractivity contribution in [2.45, 2.75) is 57.4 Å². The van der Waals surface area contributed by atoms with Gasteiger partial charge < -0.3 is 19.3 Å². The molecule has 0 aromatic rings. The van der Waals surface area contributed by atoms with Gasteiger partial charge in [0.15, 0.2) is 6.29 Å². The van der Waals surface area contributed by atoms with Crippen LogP contribution in [0.4, 0.5) is 0 Å². The Balaban J connectivity index is 1.86. The van der Waals surface area contributed by atoms with Gasteiger partial charge in [0.2, 0.25) is 0 Å². The lowest BCUT2D eigenvalue weighted by molar-refractivity contribution is -0.154. The highest BCUT2D eigenvalue weighted by molar-refractivity contribution is 5.10. The van der Waals surface area contributed by atoms with Gasteiger partial charge in [0.1, 0.15) is 11.7 Å². The molecule has 2 heterocycles. The predicted octanol–water partition coefficient (Wildman–Crippen LogP) is 1.79. The highest BCUT2D eigenvalue weighted by atomic mass is 16.7. The van der Waals surface area contributed by atoms with Crippen molar-refractivity contribution in [1.29, 1.82) is 0 Å². The molecule has 18 heavy (non-hydrogen) atoms. The van der Waals surface area contributed by atoms with Gasteiger partial charge in [-0.15, -0.1) is 0 Å². The van der Waals surface area contributed by atoms with E-state index in [4.69, 9.17) is 14.2 Å². The van der Waals surface area contributed by atoms with Crippen LogP contribution in [0.25, 0.3) is 0 Å². The summed E-state index contributed by atoms with van der Waals surface area (Å²) >= 11 is 0. The van der Waals surface area contributed by atoms with Crippen LogP contribution in [0.2, 0.25) is 0 Å². The predicted molar refractivity (Wildman–Crippen MR) is 68.1 cm³/mol. The lowest BCUT2D eigenvalue weighted by Gasteiger charge is -2.26. The first kappa shape index (κ1) is 13.7. The monoisotopic (exact) mass is 254 g/mol. The minimum atomic E-state index is -0.904. The maximum atomic E-state index is 10.1. The Morgan fingerprint density at radius 1 is 1.50 bits per heavy atom. The van der Waals surface area contributed by atoms with Crippen LogP contribution in [0.1, 0.15) is 27.2 Å². The van der Waals surface area contributed by atoms with Gasteiger partial charge in [-0.3, -0.25) is 0 Å². The number of ether oxygens (including phenoxy) is 3. The van der Waals surface area contributed by atoms with Crippen molar-refractivity contribution in [2.75, 3.05) is 6.61 Å². The van der Waals surface area contributed by atoms with E-state index in [9.17, 15) is 5.11 Å². The summed E-state index contributed by atoms with van der Waals surface area (Å²) in [6.45, 7) is 6.33. The minimum absolute atomic E-state index is 0.0519. The first-order chi connectivity index (χ1) is 8.47. The summed E-state index contributed by atoms with van der Waals surface area (Å²) in [5, 5.41) is 10.1. The highest BCUT2D eigenvalue weighted by Gasteiger charge is 2.39. The van der Waals surface area contributed by atoms with Crippen molar-refractivity contribution in [1.82, 2.24) is 0 Å². The molecule has 0 bridgehead atoms. The number of rotatable bonds is 5. The van der Waals surface area contributed by atoms with Crippen molar-refractivity contribution >= 4 is 0 Å². The van der Waals surface area contributed by atoms with E-state index in [2.05, 4.69) is 0 Å². The van der Waals surface area contributed by atoms with Crippen molar-refractivity contribution < 1.29 is 19.3 Å². The van der Waals surface area contributed by atoms with Crippen molar-refractivity contribution in [3.05, 3.63) is 24.3 Å². The van der Waals surface area contributed by atoms with E-state index in [1.165, 1.54) is 0 Å². The van der Waals surface area contributed by atoms with Crippen molar-refractivity contribution in [3.8, 4) is 0 Å². The van der Waals surface area contributed by atoms with Gasteiger partial charge in [-0.2, -0.15) is 0 Å². The molecule has 1 fully saturated rings. The van der Waals surface area contributed by atoms with Crippen LogP contribution in [0.5, 0.6) is 0 Å². The van der Waals surface area contributed by atoms with Crippen LogP contribution < -0.4 is 0 Å². The molecule has 4 heteroatoms. The molecular weight excluding hydrogens is 232 g/mol. The zero-order valence-electron chi connectivity index (χ0n) is 11.2. The van der Waals surface area contributed by atoms with Crippen LogP contribution in [0.15, 0.2) is 24.3 Å². The fourth-order valence-corrected chi connectivity index (χ4v) is 1.86. The normalized spacial score (nSPS) is 35.1. The molecule has 2 aliphatic rings. The van der Waals surface area contributed by atoms with Gasteiger partial charge in [0.25, 0.3) is 0 Å². The Kier molecular flexibility index (Phi) is 4.22. The molecule has 4 atom stereocenters. The Morgan fingerprint density at radius 2 is 2.22 bits per heavy atom. The highest BCUT2D eigenvalue weighted by Crippen LogP contribution is 2.26. The smallest absolute Gasteiger partial charge is 0.177 e. The molecule has 0 amide bonds. The van der Waals surface area contributed by atoms with Gasteiger partial charge in [0.05, 0.1) is 18.8 Å². The third kappa shape index (κ3) is 3.92. The zero-order valence-corrected chi connectivity index (χ0v) is 11.2. The Bertz CT molecular complexity index is 329. The fraction of sp³-hybridized carbons (Fsp3) is 0.714. The molecule has 0 saturated carbocycles. The Morgan fingerprint density at radius 3 is 2.83 bits per heavy atom. The van der Waals surface area contributed by atoms with E-state index in [1.807, 2.05) is 32.1 Å². The molecule has 0 aromatic heterocycles. The second kappa shape index (κ2) is 5.53. The van der Waals surface area contributed by atoms with Gasteiger partial charge in [-0.1, -0.05) is 18.2 Å². The van der Waals surface area contributed by atoms with E-state index in [1.54, 1.807) is 13.0 Å². The maximum Gasteiger partial charge on any atom is 0.177 e. The lowest BCUT2D eigenvalue weighted by Crippen LogP contribution is -2.31. The van der Waals surface area contributed by atoms with Crippen molar-refractivity contribution in [2.24, 2.45) is 0 Å². The number of hydrogen-bond acceptors (Lipinski definition) is 4. The summed E-state index contributed by atoms with van der Waals surface area (Å²) in [6, 6.07) is 0. The molecule has 0 aliphatic carbocycles. The Hall–Kier alpha value is -0.680. The summed E-state index contributed by atoms with van der Waals surface area (Å²) in [4.78, 5) is 0.